The average Bonchev–Trinajstić information content (AvgIpc) is 2.10. The molecule has 0 amide bonds. The standard InChI is InChI=1S/C9H11ClINO/c1-13-5-9(12)6-2-3-8(11)7(10)4-6/h2-4,9H,5,12H2,1H3/t9-/m1/s1. The Hall–Kier alpha value is 0.160. The molecule has 0 radical (unpaired) electrons. The Kier molecular flexibility index (Phi) is 4.45. The third-order valence-corrected chi connectivity index (χ3v) is 3.29. The van der Waals surface area contributed by atoms with Crippen LogP contribution in [0.2, 0.25) is 5.02 Å². The molecule has 2 nitrogen and oxygen atoms in total. The summed E-state index contributed by atoms with van der Waals surface area (Å²) < 4.78 is 5.99. The molecular formula is C9H11ClINO. The summed E-state index contributed by atoms with van der Waals surface area (Å²) in [6.07, 6.45) is 0. The molecule has 72 valence electrons. The van der Waals surface area contributed by atoms with Gasteiger partial charge >= 0.3 is 0 Å². The second kappa shape index (κ2) is 5.14. The van der Waals surface area contributed by atoms with E-state index in [1.54, 1.807) is 7.11 Å². The molecule has 0 aliphatic carbocycles. The fourth-order valence-electron chi connectivity index (χ4n) is 1.02. The quantitative estimate of drug-likeness (QED) is 0.871. The highest BCUT2D eigenvalue weighted by Gasteiger charge is 2.06. The molecule has 0 saturated carbocycles. The molecule has 1 aromatic carbocycles. The van der Waals surface area contributed by atoms with Crippen LogP contribution >= 0.6 is 34.2 Å². The first-order valence-corrected chi connectivity index (χ1v) is 5.30. The molecule has 2 N–H and O–H groups in total. The minimum atomic E-state index is -0.0977. The minimum Gasteiger partial charge on any atom is -0.383 e. The highest BCUT2D eigenvalue weighted by molar-refractivity contribution is 14.1. The Morgan fingerprint density at radius 3 is 2.85 bits per heavy atom. The second-order valence-corrected chi connectivity index (χ2v) is 4.30. The summed E-state index contributed by atoms with van der Waals surface area (Å²) in [6.45, 7) is 0.511. The maximum Gasteiger partial charge on any atom is 0.0655 e. The van der Waals surface area contributed by atoms with E-state index in [0.29, 0.717) is 6.61 Å². The van der Waals surface area contributed by atoms with E-state index in [1.807, 2.05) is 18.2 Å². The van der Waals surface area contributed by atoms with Crippen LogP contribution in [0.4, 0.5) is 0 Å². The summed E-state index contributed by atoms with van der Waals surface area (Å²) in [7, 11) is 1.63. The zero-order chi connectivity index (χ0) is 9.84. The number of hydrogen-bond acceptors (Lipinski definition) is 2. The third kappa shape index (κ3) is 3.09. The van der Waals surface area contributed by atoms with Gasteiger partial charge in [0.15, 0.2) is 0 Å². The Labute approximate surface area is 96.5 Å². The van der Waals surface area contributed by atoms with Crippen LogP contribution in [0.3, 0.4) is 0 Å². The largest absolute Gasteiger partial charge is 0.383 e. The predicted molar refractivity (Wildman–Crippen MR) is 63.0 cm³/mol. The highest BCUT2D eigenvalue weighted by atomic mass is 127. The zero-order valence-corrected chi connectivity index (χ0v) is 10.2. The minimum absolute atomic E-state index is 0.0977. The molecule has 1 aromatic rings. The number of methoxy groups -OCH3 is 1. The van der Waals surface area contributed by atoms with Crippen molar-refractivity contribution in [1.29, 1.82) is 0 Å². The molecule has 0 unspecified atom stereocenters. The molecule has 0 aliphatic heterocycles. The Balaban J connectivity index is 2.84. The van der Waals surface area contributed by atoms with Gasteiger partial charge in [-0.1, -0.05) is 17.7 Å². The van der Waals surface area contributed by atoms with Crippen LogP contribution in [0.15, 0.2) is 18.2 Å². The second-order valence-electron chi connectivity index (χ2n) is 2.74. The van der Waals surface area contributed by atoms with Gasteiger partial charge in [-0.2, -0.15) is 0 Å². The van der Waals surface area contributed by atoms with Crippen LogP contribution in [0, 0.1) is 3.57 Å². The van der Waals surface area contributed by atoms with E-state index in [1.165, 1.54) is 0 Å². The van der Waals surface area contributed by atoms with Gasteiger partial charge in [-0.15, -0.1) is 0 Å². The molecule has 0 heterocycles. The van der Waals surface area contributed by atoms with Gasteiger partial charge < -0.3 is 10.5 Å². The lowest BCUT2D eigenvalue weighted by molar-refractivity contribution is 0.181. The van der Waals surface area contributed by atoms with Crippen molar-refractivity contribution >= 4 is 34.2 Å². The van der Waals surface area contributed by atoms with Crippen LogP contribution in [0.5, 0.6) is 0 Å². The monoisotopic (exact) mass is 311 g/mol. The zero-order valence-electron chi connectivity index (χ0n) is 7.26. The summed E-state index contributed by atoms with van der Waals surface area (Å²) in [6, 6.07) is 5.71. The third-order valence-electron chi connectivity index (χ3n) is 1.72. The van der Waals surface area contributed by atoms with Crippen LogP contribution in [-0.4, -0.2) is 13.7 Å². The van der Waals surface area contributed by atoms with Crippen LogP contribution < -0.4 is 5.73 Å². The Morgan fingerprint density at radius 2 is 2.31 bits per heavy atom. The molecule has 13 heavy (non-hydrogen) atoms. The van der Waals surface area contributed by atoms with Crippen LogP contribution in [0.25, 0.3) is 0 Å². The van der Waals surface area contributed by atoms with Crippen molar-refractivity contribution in [3.8, 4) is 0 Å². The first-order valence-electron chi connectivity index (χ1n) is 3.84. The molecular weight excluding hydrogens is 300 g/mol. The number of rotatable bonds is 3. The van der Waals surface area contributed by atoms with Crippen molar-refractivity contribution in [3.05, 3.63) is 32.4 Å². The van der Waals surface area contributed by atoms with Crippen molar-refractivity contribution in [3.63, 3.8) is 0 Å². The molecule has 0 fully saturated rings. The average molecular weight is 312 g/mol. The maximum absolute atomic E-state index is 5.95. The van der Waals surface area contributed by atoms with E-state index in [0.717, 1.165) is 14.2 Å². The Bertz CT molecular complexity index is 293. The van der Waals surface area contributed by atoms with Gasteiger partial charge in [0.05, 0.1) is 17.7 Å². The van der Waals surface area contributed by atoms with Crippen molar-refractivity contribution in [2.75, 3.05) is 13.7 Å². The van der Waals surface area contributed by atoms with Crippen molar-refractivity contribution in [2.45, 2.75) is 6.04 Å². The van der Waals surface area contributed by atoms with E-state index < -0.39 is 0 Å². The maximum atomic E-state index is 5.95. The molecule has 0 bridgehead atoms. The molecule has 0 spiro atoms. The lowest BCUT2D eigenvalue weighted by atomic mass is 10.1. The number of ether oxygens (including phenoxy) is 1. The lowest BCUT2D eigenvalue weighted by Gasteiger charge is -2.11. The molecule has 1 rings (SSSR count). The van der Waals surface area contributed by atoms with Gasteiger partial charge in [-0.25, -0.2) is 0 Å². The SMILES string of the molecule is COC[C@@H](N)c1ccc(I)c(Cl)c1. The van der Waals surface area contributed by atoms with E-state index in [9.17, 15) is 0 Å². The summed E-state index contributed by atoms with van der Waals surface area (Å²) in [5.74, 6) is 0. The van der Waals surface area contributed by atoms with Gasteiger partial charge in [0, 0.05) is 10.7 Å². The molecule has 4 heteroatoms. The number of benzene rings is 1. The topological polar surface area (TPSA) is 35.2 Å². The van der Waals surface area contributed by atoms with Crippen molar-refractivity contribution < 1.29 is 4.74 Å². The van der Waals surface area contributed by atoms with Gasteiger partial charge in [-0.3, -0.25) is 0 Å². The van der Waals surface area contributed by atoms with E-state index >= 15 is 0 Å². The normalized spacial score (nSPS) is 12.9. The fourth-order valence-corrected chi connectivity index (χ4v) is 1.54. The smallest absolute Gasteiger partial charge is 0.0655 e. The number of nitrogens with two attached hydrogens (primary N) is 1. The number of halogens is 2. The van der Waals surface area contributed by atoms with E-state index in [2.05, 4.69) is 22.6 Å². The lowest BCUT2D eigenvalue weighted by Crippen LogP contribution is -2.15. The van der Waals surface area contributed by atoms with Gasteiger partial charge in [-0.05, 0) is 40.3 Å². The van der Waals surface area contributed by atoms with Crippen molar-refractivity contribution in [2.24, 2.45) is 5.73 Å². The van der Waals surface area contributed by atoms with E-state index in [-0.39, 0.29) is 6.04 Å². The molecule has 1 atom stereocenters. The van der Waals surface area contributed by atoms with Crippen LogP contribution in [-0.2, 0) is 4.74 Å². The predicted octanol–water partition coefficient (Wildman–Crippen LogP) is 2.59. The van der Waals surface area contributed by atoms with Crippen LogP contribution in [0.1, 0.15) is 11.6 Å². The summed E-state index contributed by atoms with van der Waals surface area (Å²) in [4.78, 5) is 0. The summed E-state index contributed by atoms with van der Waals surface area (Å²) in [5, 5.41) is 0.740. The number of hydrogen-bond donors (Lipinski definition) is 1. The molecule has 0 saturated heterocycles. The highest BCUT2D eigenvalue weighted by Crippen LogP contribution is 2.22. The van der Waals surface area contributed by atoms with Gasteiger partial charge in [0.25, 0.3) is 0 Å². The molecule has 0 aliphatic rings. The Morgan fingerprint density at radius 1 is 1.62 bits per heavy atom. The summed E-state index contributed by atoms with van der Waals surface area (Å²) in [5.41, 5.74) is 6.85. The fraction of sp³-hybridized carbons (Fsp3) is 0.333. The van der Waals surface area contributed by atoms with Gasteiger partial charge in [0.2, 0.25) is 0 Å². The summed E-state index contributed by atoms with van der Waals surface area (Å²) >= 11 is 8.14. The van der Waals surface area contributed by atoms with Gasteiger partial charge in [0.1, 0.15) is 0 Å². The first kappa shape index (κ1) is 11.2. The van der Waals surface area contributed by atoms with Crippen molar-refractivity contribution in [1.82, 2.24) is 0 Å². The van der Waals surface area contributed by atoms with E-state index in [4.69, 9.17) is 22.1 Å². The first-order chi connectivity index (χ1) is 6.15. The molecule has 0 aromatic heterocycles.